The first-order chi connectivity index (χ1) is 10.0. The quantitative estimate of drug-likeness (QED) is 0.700. The Morgan fingerprint density at radius 2 is 2.00 bits per heavy atom. The third-order valence-electron chi connectivity index (χ3n) is 2.85. The highest BCUT2D eigenvalue weighted by Crippen LogP contribution is 2.02. The van der Waals surface area contributed by atoms with Crippen LogP contribution in [-0.4, -0.2) is 35.1 Å². The molecule has 2 aromatic rings. The molecule has 8 nitrogen and oxygen atoms in total. The molecule has 2 N–H and O–H groups in total. The van der Waals surface area contributed by atoms with Crippen molar-refractivity contribution in [3.8, 4) is 0 Å². The molecule has 1 aromatic carbocycles. The van der Waals surface area contributed by atoms with Gasteiger partial charge >= 0.3 is 11.7 Å². The van der Waals surface area contributed by atoms with Crippen molar-refractivity contribution in [3.05, 3.63) is 45.1 Å². The summed E-state index contributed by atoms with van der Waals surface area (Å²) in [5, 5.41) is 2.56. The molecule has 110 valence electrons. The lowest BCUT2D eigenvalue weighted by atomic mass is 10.2. The molecule has 2 rings (SSSR count). The summed E-state index contributed by atoms with van der Waals surface area (Å²) >= 11 is 0. The van der Waals surface area contributed by atoms with Gasteiger partial charge in [-0.05, 0) is 12.1 Å². The molecular weight excluding hydrogens is 278 g/mol. The van der Waals surface area contributed by atoms with E-state index in [4.69, 9.17) is 0 Å². The van der Waals surface area contributed by atoms with Crippen LogP contribution >= 0.6 is 0 Å². The third-order valence-corrected chi connectivity index (χ3v) is 2.85. The Kier molecular flexibility index (Phi) is 4.17. The number of fused-ring (bicyclic) bond motifs is 1. The van der Waals surface area contributed by atoms with Crippen LogP contribution in [-0.2, 0) is 20.9 Å². The van der Waals surface area contributed by atoms with Crippen LogP contribution in [0.25, 0.3) is 10.9 Å². The molecule has 1 amide bonds. The summed E-state index contributed by atoms with van der Waals surface area (Å²) in [6.07, 6.45) is 0. The SMILES string of the molecule is COC(=O)CNC(=O)Cn1c(=O)[nH]c2ccccc2c1=O. The number of rotatable bonds is 4. The predicted molar refractivity (Wildman–Crippen MR) is 73.9 cm³/mol. The van der Waals surface area contributed by atoms with Crippen molar-refractivity contribution in [2.75, 3.05) is 13.7 Å². The number of carbonyl (C=O) groups excluding carboxylic acids is 2. The fourth-order valence-corrected chi connectivity index (χ4v) is 1.78. The fourth-order valence-electron chi connectivity index (χ4n) is 1.78. The van der Waals surface area contributed by atoms with Crippen LogP contribution in [0.4, 0.5) is 0 Å². The molecule has 0 aliphatic carbocycles. The Morgan fingerprint density at radius 3 is 2.71 bits per heavy atom. The van der Waals surface area contributed by atoms with Gasteiger partial charge in [0.25, 0.3) is 5.56 Å². The van der Waals surface area contributed by atoms with Gasteiger partial charge in [-0.2, -0.15) is 0 Å². The molecule has 0 fully saturated rings. The lowest BCUT2D eigenvalue weighted by Gasteiger charge is -2.07. The van der Waals surface area contributed by atoms with Gasteiger partial charge in [-0.3, -0.25) is 19.0 Å². The molecular formula is C13H13N3O5. The highest BCUT2D eigenvalue weighted by molar-refractivity contribution is 5.82. The van der Waals surface area contributed by atoms with Gasteiger partial charge in [0, 0.05) is 0 Å². The normalized spacial score (nSPS) is 10.3. The predicted octanol–water partition coefficient (Wildman–Crippen LogP) is -1.02. The number of aromatic amines is 1. The summed E-state index contributed by atoms with van der Waals surface area (Å²) in [5.41, 5.74) is -0.854. The van der Waals surface area contributed by atoms with Crippen LogP contribution in [0.3, 0.4) is 0 Å². The van der Waals surface area contributed by atoms with Gasteiger partial charge in [0.15, 0.2) is 0 Å². The van der Waals surface area contributed by atoms with Crippen LogP contribution in [0.1, 0.15) is 0 Å². The van der Waals surface area contributed by atoms with Crippen LogP contribution < -0.4 is 16.6 Å². The molecule has 1 aromatic heterocycles. The highest BCUT2D eigenvalue weighted by atomic mass is 16.5. The van der Waals surface area contributed by atoms with E-state index in [-0.39, 0.29) is 6.54 Å². The molecule has 0 aliphatic heterocycles. The Morgan fingerprint density at radius 1 is 1.29 bits per heavy atom. The molecule has 21 heavy (non-hydrogen) atoms. The number of esters is 1. The van der Waals surface area contributed by atoms with Crippen molar-refractivity contribution in [2.24, 2.45) is 0 Å². The summed E-state index contributed by atoms with van der Waals surface area (Å²) in [7, 11) is 1.19. The van der Waals surface area contributed by atoms with Crippen molar-refractivity contribution < 1.29 is 14.3 Å². The first kappa shape index (κ1) is 14.5. The number of aromatic nitrogens is 2. The number of ether oxygens (including phenoxy) is 1. The molecule has 0 saturated heterocycles. The van der Waals surface area contributed by atoms with Crippen LogP contribution in [0, 0.1) is 0 Å². The van der Waals surface area contributed by atoms with Crippen molar-refractivity contribution in [1.82, 2.24) is 14.9 Å². The zero-order chi connectivity index (χ0) is 15.4. The zero-order valence-electron chi connectivity index (χ0n) is 11.2. The minimum absolute atomic E-state index is 0.304. The van der Waals surface area contributed by atoms with Gasteiger partial charge < -0.3 is 15.0 Å². The van der Waals surface area contributed by atoms with E-state index in [0.29, 0.717) is 10.9 Å². The summed E-state index contributed by atoms with van der Waals surface area (Å²) in [4.78, 5) is 49.0. The lowest BCUT2D eigenvalue weighted by Crippen LogP contribution is -2.41. The highest BCUT2D eigenvalue weighted by Gasteiger charge is 2.11. The summed E-state index contributed by atoms with van der Waals surface area (Å²) < 4.78 is 5.14. The van der Waals surface area contributed by atoms with Crippen LogP contribution in [0.2, 0.25) is 0 Å². The number of H-pyrrole nitrogens is 1. The number of carbonyl (C=O) groups is 2. The maximum Gasteiger partial charge on any atom is 0.329 e. The minimum atomic E-state index is -0.688. The smallest absolute Gasteiger partial charge is 0.329 e. The van der Waals surface area contributed by atoms with E-state index in [9.17, 15) is 19.2 Å². The number of methoxy groups -OCH3 is 1. The van der Waals surface area contributed by atoms with E-state index in [0.717, 1.165) is 4.57 Å². The number of nitrogens with one attached hydrogen (secondary N) is 2. The third kappa shape index (κ3) is 3.16. The van der Waals surface area contributed by atoms with Gasteiger partial charge in [0.2, 0.25) is 5.91 Å². The van der Waals surface area contributed by atoms with Crippen molar-refractivity contribution in [3.63, 3.8) is 0 Å². The number of para-hydroxylation sites is 1. The van der Waals surface area contributed by atoms with Gasteiger partial charge in [0.05, 0.1) is 18.0 Å². The fraction of sp³-hybridized carbons (Fsp3) is 0.231. The topological polar surface area (TPSA) is 110 Å². The van der Waals surface area contributed by atoms with Crippen LogP contribution in [0.15, 0.2) is 33.9 Å². The van der Waals surface area contributed by atoms with Gasteiger partial charge in [0.1, 0.15) is 13.1 Å². The first-order valence-electron chi connectivity index (χ1n) is 6.08. The van der Waals surface area contributed by atoms with E-state index < -0.39 is 29.7 Å². The molecule has 0 radical (unpaired) electrons. The average Bonchev–Trinajstić information content (AvgIpc) is 2.49. The van der Waals surface area contributed by atoms with Crippen LogP contribution in [0.5, 0.6) is 0 Å². The molecule has 8 heteroatoms. The number of hydrogen-bond acceptors (Lipinski definition) is 5. The molecule has 0 unspecified atom stereocenters. The minimum Gasteiger partial charge on any atom is -0.468 e. The Labute approximate surface area is 118 Å². The Balaban J connectivity index is 2.26. The van der Waals surface area contributed by atoms with E-state index in [1.165, 1.54) is 7.11 Å². The largest absolute Gasteiger partial charge is 0.468 e. The second-order valence-electron chi connectivity index (χ2n) is 4.22. The van der Waals surface area contributed by atoms with Gasteiger partial charge in [-0.15, -0.1) is 0 Å². The average molecular weight is 291 g/mol. The second-order valence-corrected chi connectivity index (χ2v) is 4.22. The van der Waals surface area contributed by atoms with Gasteiger partial charge in [-0.25, -0.2) is 4.79 Å². The Bertz CT molecular complexity index is 805. The lowest BCUT2D eigenvalue weighted by molar-refractivity contribution is -0.141. The van der Waals surface area contributed by atoms with E-state index in [1.807, 2.05) is 0 Å². The molecule has 0 spiro atoms. The van der Waals surface area contributed by atoms with E-state index in [2.05, 4.69) is 15.0 Å². The van der Waals surface area contributed by atoms with Crippen molar-refractivity contribution in [2.45, 2.75) is 6.54 Å². The first-order valence-corrected chi connectivity index (χ1v) is 6.08. The van der Waals surface area contributed by atoms with Crippen molar-refractivity contribution >= 4 is 22.8 Å². The maximum atomic E-state index is 12.2. The number of amides is 1. The monoisotopic (exact) mass is 291 g/mol. The molecule has 0 saturated carbocycles. The molecule has 1 heterocycles. The number of hydrogen-bond donors (Lipinski definition) is 2. The number of benzene rings is 1. The summed E-state index contributed by atoms with van der Waals surface area (Å²) in [6, 6.07) is 6.49. The standard InChI is InChI=1S/C13H13N3O5/c1-21-11(18)6-14-10(17)7-16-12(19)8-4-2-3-5-9(8)15-13(16)20/h2-5H,6-7H2,1H3,(H,14,17)(H,15,20). The van der Waals surface area contributed by atoms with Gasteiger partial charge in [-0.1, -0.05) is 12.1 Å². The Hall–Kier alpha value is -2.90. The number of nitrogens with zero attached hydrogens (tertiary/aromatic N) is 1. The van der Waals surface area contributed by atoms with Crippen molar-refractivity contribution in [1.29, 1.82) is 0 Å². The zero-order valence-corrected chi connectivity index (χ0v) is 11.2. The maximum absolute atomic E-state index is 12.2. The summed E-state index contributed by atoms with van der Waals surface area (Å²) in [5.74, 6) is -1.26. The molecule has 0 bridgehead atoms. The second kappa shape index (κ2) is 6.04. The molecule has 0 atom stereocenters. The van der Waals surface area contributed by atoms with E-state index >= 15 is 0 Å². The van der Waals surface area contributed by atoms with E-state index in [1.54, 1.807) is 24.3 Å². The summed E-state index contributed by atoms with van der Waals surface area (Å²) in [6.45, 7) is -0.800. The molecule has 0 aliphatic rings.